The van der Waals surface area contributed by atoms with Crippen LogP contribution in [0.15, 0.2) is 66.7 Å². The number of hydrogen-bond donors (Lipinski definition) is 1. The summed E-state index contributed by atoms with van der Waals surface area (Å²) in [6.07, 6.45) is 11.8. The molecule has 0 spiro atoms. The van der Waals surface area contributed by atoms with Crippen LogP contribution in [-0.2, 0) is 0 Å². The first kappa shape index (κ1) is 31.5. The van der Waals surface area contributed by atoms with Gasteiger partial charge < -0.3 is 14.6 Å². The summed E-state index contributed by atoms with van der Waals surface area (Å²) in [5.74, 6) is 1.36. The maximum absolute atomic E-state index is 11.8. The lowest BCUT2D eigenvalue weighted by Crippen LogP contribution is -2.08. The first-order chi connectivity index (χ1) is 20.1. The SMILES string of the molecule is CCCCCCCOc1ccc(OOc2ccc(OOc3ccc(OCCCCCCC)cc3)c(C(=O)O)c2)cc1. The highest BCUT2D eigenvalue weighted by molar-refractivity contribution is 5.91. The molecular weight excluding hydrogens is 524 g/mol. The highest BCUT2D eigenvalue weighted by atomic mass is 17.2. The quantitative estimate of drug-likeness (QED) is 0.0777. The highest BCUT2D eigenvalue weighted by Gasteiger charge is 2.16. The molecule has 0 atom stereocenters. The number of rotatable bonds is 21. The van der Waals surface area contributed by atoms with Crippen LogP contribution in [-0.4, -0.2) is 24.3 Å². The molecule has 0 bridgehead atoms. The molecule has 0 radical (unpaired) electrons. The van der Waals surface area contributed by atoms with Gasteiger partial charge in [-0.15, -0.1) is 0 Å². The molecule has 1 N–H and O–H groups in total. The fourth-order valence-corrected chi connectivity index (χ4v) is 3.96. The molecule has 41 heavy (non-hydrogen) atoms. The van der Waals surface area contributed by atoms with E-state index in [0.29, 0.717) is 24.7 Å². The Morgan fingerprint density at radius 2 is 0.951 bits per heavy atom. The van der Waals surface area contributed by atoms with E-state index in [1.54, 1.807) is 48.5 Å². The Labute approximate surface area is 243 Å². The van der Waals surface area contributed by atoms with Crippen LogP contribution in [0.2, 0.25) is 0 Å². The van der Waals surface area contributed by atoms with Gasteiger partial charge in [0.2, 0.25) is 0 Å². The second-order valence-electron chi connectivity index (χ2n) is 9.76. The third-order valence-corrected chi connectivity index (χ3v) is 6.32. The highest BCUT2D eigenvalue weighted by Crippen LogP contribution is 2.27. The van der Waals surface area contributed by atoms with E-state index in [4.69, 9.17) is 29.0 Å². The Balaban J connectivity index is 1.44. The normalized spacial score (nSPS) is 10.6. The van der Waals surface area contributed by atoms with Crippen molar-refractivity contribution in [2.24, 2.45) is 0 Å². The molecule has 0 aromatic heterocycles. The third-order valence-electron chi connectivity index (χ3n) is 6.32. The summed E-state index contributed by atoms with van der Waals surface area (Å²) in [5.41, 5.74) is -0.142. The van der Waals surface area contributed by atoms with Crippen molar-refractivity contribution in [2.45, 2.75) is 78.1 Å². The molecule has 0 unspecified atom stereocenters. The van der Waals surface area contributed by atoms with Crippen LogP contribution in [0.25, 0.3) is 0 Å². The molecule has 0 amide bonds. The average molecular weight is 567 g/mol. The fourth-order valence-electron chi connectivity index (χ4n) is 3.96. The zero-order valence-corrected chi connectivity index (χ0v) is 24.1. The molecule has 0 fully saturated rings. The molecule has 8 heteroatoms. The van der Waals surface area contributed by atoms with E-state index in [9.17, 15) is 9.90 Å². The van der Waals surface area contributed by atoms with Crippen molar-refractivity contribution >= 4 is 5.97 Å². The molecule has 3 aromatic rings. The smallest absolute Gasteiger partial charge is 0.339 e. The van der Waals surface area contributed by atoms with Gasteiger partial charge in [0.15, 0.2) is 23.0 Å². The van der Waals surface area contributed by atoms with Crippen LogP contribution in [0.3, 0.4) is 0 Å². The second kappa shape index (κ2) is 18.3. The largest absolute Gasteiger partial charge is 0.494 e. The molecule has 0 aliphatic rings. The fraction of sp³-hybridized carbons (Fsp3) is 0.424. The van der Waals surface area contributed by atoms with Crippen molar-refractivity contribution in [1.29, 1.82) is 0 Å². The zero-order chi connectivity index (χ0) is 29.1. The van der Waals surface area contributed by atoms with Crippen molar-refractivity contribution in [3.8, 4) is 34.5 Å². The summed E-state index contributed by atoms with van der Waals surface area (Å²) in [6, 6.07) is 18.3. The van der Waals surface area contributed by atoms with E-state index < -0.39 is 5.97 Å². The Bertz CT molecular complexity index is 1140. The number of aromatic carboxylic acids is 1. The maximum atomic E-state index is 11.8. The van der Waals surface area contributed by atoms with Gasteiger partial charge in [0.05, 0.1) is 13.2 Å². The molecule has 0 aliphatic carbocycles. The summed E-state index contributed by atoms with van der Waals surface area (Å²) in [4.78, 5) is 33.2. The number of carboxylic acids is 1. The number of carbonyl (C=O) groups is 1. The average Bonchev–Trinajstić information content (AvgIpc) is 3.00. The predicted octanol–water partition coefficient (Wildman–Crippen LogP) is 8.83. The molecule has 0 saturated heterocycles. The van der Waals surface area contributed by atoms with Crippen molar-refractivity contribution in [2.75, 3.05) is 13.2 Å². The third kappa shape index (κ3) is 11.9. The zero-order valence-electron chi connectivity index (χ0n) is 24.1. The van der Waals surface area contributed by atoms with Gasteiger partial charge >= 0.3 is 5.97 Å². The lowest BCUT2D eigenvalue weighted by molar-refractivity contribution is -0.104. The Kier molecular flexibility index (Phi) is 14.0. The van der Waals surface area contributed by atoms with Gasteiger partial charge in [0.25, 0.3) is 0 Å². The monoisotopic (exact) mass is 566 g/mol. The molecule has 0 aliphatic heterocycles. The van der Waals surface area contributed by atoms with Gasteiger partial charge in [-0.2, -0.15) is 0 Å². The Morgan fingerprint density at radius 1 is 0.537 bits per heavy atom. The molecule has 3 aromatic carbocycles. The van der Waals surface area contributed by atoms with E-state index in [-0.39, 0.29) is 17.1 Å². The minimum absolute atomic E-state index is 0.0217. The molecule has 0 saturated carbocycles. The molecular formula is C33H42O8. The van der Waals surface area contributed by atoms with Crippen molar-refractivity contribution in [1.82, 2.24) is 0 Å². The van der Waals surface area contributed by atoms with Crippen LogP contribution in [0, 0.1) is 0 Å². The standard InChI is InChI=1S/C33H42O8/c1-3-5-7-9-11-23-36-26-13-17-28(18-14-26)38-40-30-21-22-32(31(25-30)33(34)35)41-39-29-19-15-27(16-20-29)37-24-12-10-8-6-4-2/h13-22,25H,3-12,23-24H2,1-2H3,(H,34,35). The Morgan fingerprint density at radius 3 is 1.44 bits per heavy atom. The first-order valence-electron chi connectivity index (χ1n) is 14.6. The van der Waals surface area contributed by atoms with Crippen LogP contribution in [0.4, 0.5) is 0 Å². The molecule has 222 valence electrons. The number of hydrogen-bond acceptors (Lipinski definition) is 7. The number of ether oxygens (including phenoxy) is 2. The van der Waals surface area contributed by atoms with E-state index in [2.05, 4.69) is 13.8 Å². The van der Waals surface area contributed by atoms with E-state index in [0.717, 1.165) is 30.8 Å². The maximum Gasteiger partial charge on any atom is 0.339 e. The second-order valence-corrected chi connectivity index (χ2v) is 9.76. The number of benzene rings is 3. The lowest BCUT2D eigenvalue weighted by atomic mass is 10.2. The van der Waals surface area contributed by atoms with Crippen LogP contribution >= 0.6 is 0 Å². The topological polar surface area (TPSA) is 92.7 Å². The van der Waals surface area contributed by atoms with Crippen molar-refractivity contribution in [3.05, 3.63) is 72.3 Å². The van der Waals surface area contributed by atoms with E-state index >= 15 is 0 Å². The summed E-state index contributed by atoms with van der Waals surface area (Å²) in [7, 11) is 0. The lowest BCUT2D eigenvalue weighted by Gasteiger charge is -2.11. The van der Waals surface area contributed by atoms with Crippen LogP contribution in [0.1, 0.15) is 88.4 Å². The number of carboxylic acid groups (broad SMARTS) is 1. The Hall–Kier alpha value is -4.07. The summed E-state index contributed by atoms with van der Waals surface area (Å²) < 4.78 is 11.5. The van der Waals surface area contributed by atoms with Gasteiger partial charge in [-0.05, 0) is 73.5 Å². The molecule has 3 rings (SSSR count). The van der Waals surface area contributed by atoms with Crippen LogP contribution < -0.4 is 29.0 Å². The number of unbranched alkanes of at least 4 members (excludes halogenated alkanes) is 8. The van der Waals surface area contributed by atoms with Crippen molar-refractivity contribution in [3.63, 3.8) is 0 Å². The minimum Gasteiger partial charge on any atom is -0.494 e. The predicted molar refractivity (Wildman–Crippen MR) is 157 cm³/mol. The summed E-state index contributed by atoms with van der Waals surface area (Å²) in [6.45, 7) is 5.73. The van der Waals surface area contributed by atoms with Crippen LogP contribution in [0.5, 0.6) is 34.5 Å². The van der Waals surface area contributed by atoms with Gasteiger partial charge in [-0.1, -0.05) is 65.2 Å². The first-order valence-corrected chi connectivity index (χ1v) is 14.6. The molecule has 8 nitrogen and oxygen atoms in total. The van der Waals surface area contributed by atoms with E-state index in [1.807, 2.05) is 0 Å². The van der Waals surface area contributed by atoms with Crippen molar-refractivity contribution < 1.29 is 38.9 Å². The summed E-state index contributed by atoms with van der Waals surface area (Å²) in [5, 5.41) is 9.66. The van der Waals surface area contributed by atoms with Gasteiger partial charge in [-0.3, -0.25) is 19.6 Å². The van der Waals surface area contributed by atoms with Gasteiger partial charge in [0, 0.05) is 6.07 Å². The van der Waals surface area contributed by atoms with Gasteiger partial charge in [0.1, 0.15) is 17.1 Å². The molecule has 0 heterocycles. The van der Waals surface area contributed by atoms with Gasteiger partial charge in [-0.25, -0.2) is 4.79 Å². The van der Waals surface area contributed by atoms with E-state index in [1.165, 1.54) is 63.1 Å². The summed E-state index contributed by atoms with van der Waals surface area (Å²) >= 11 is 0. The minimum atomic E-state index is -1.20.